The lowest BCUT2D eigenvalue weighted by atomic mass is 9.85. The average molecular weight is 339 g/mol. The number of fused-ring (bicyclic) bond motifs is 1. The minimum Gasteiger partial charge on any atom is -0.334 e. The number of benzene rings is 1. The maximum atomic E-state index is 12.8. The molecular formula is C19H25N5O. The molecule has 2 N–H and O–H groups in total. The van der Waals surface area contributed by atoms with Crippen molar-refractivity contribution in [1.82, 2.24) is 25.4 Å². The number of rotatable bonds is 3. The van der Waals surface area contributed by atoms with Crippen LogP contribution in [0.1, 0.15) is 44.6 Å². The standard InChI is InChI=1S/C19H25N5O/c1-13-9-15-6-2-3-8-17(15)24(13)19(25)20-11-14-5-4-7-16(10-14)18-21-12-22-23-18/h4-5,7,10,12-13,15,17H,2-3,6,8-9,11H2,1H3,(H,20,25)(H,21,22,23)/t13-,15-,17+/m1/s1. The first-order valence-corrected chi connectivity index (χ1v) is 9.23. The number of hydrogen-bond donors (Lipinski definition) is 2. The number of likely N-dealkylation sites (tertiary alicyclic amines) is 1. The van der Waals surface area contributed by atoms with Crippen LogP contribution in [0, 0.1) is 5.92 Å². The summed E-state index contributed by atoms with van der Waals surface area (Å²) in [7, 11) is 0. The van der Waals surface area contributed by atoms with Crippen LogP contribution in [0.2, 0.25) is 0 Å². The summed E-state index contributed by atoms with van der Waals surface area (Å²) in [5.41, 5.74) is 2.04. The van der Waals surface area contributed by atoms with Gasteiger partial charge in [-0.15, -0.1) is 0 Å². The summed E-state index contributed by atoms with van der Waals surface area (Å²) in [6, 6.07) is 8.88. The van der Waals surface area contributed by atoms with E-state index in [4.69, 9.17) is 0 Å². The zero-order valence-electron chi connectivity index (χ0n) is 14.6. The Bertz CT molecular complexity index is 729. The highest BCUT2D eigenvalue weighted by molar-refractivity contribution is 5.75. The molecule has 1 aromatic carbocycles. The maximum Gasteiger partial charge on any atom is 0.318 e. The molecule has 2 fully saturated rings. The summed E-state index contributed by atoms with van der Waals surface area (Å²) in [6.45, 7) is 2.71. The Morgan fingerprint density at radius 1 is 1.36 bits per heavy atom. The molecule has 6 nitrogen and oxygen atoms in total. The van der Waals surface area contributed by atoms with Crippen LogP contribution in [-0.2, 0) is 6.54 Å². The van der Waals surface area contributed by atoms with Crippen molar-refractivity contribution in [3.05, 3.63) is 36.2 Å². The summed E-state index contributed by atoms with van der Waals surface area (Å²) in [5.74, 6) is 1.44. The number of nitrogens with zero attached hydrogens (tertiary/aromatic N) is 3. The predicted molar refractivity (Wildman–Crippen MR) is 95.7 cm³/mol. The number of hydrogen-bond acceptors (Lipinski definition) is 3. The van der Waals surface area contributed by atoms with Crippen LogP contribution in [0.5, 0.6) is 0 Å². The van der Waals surface area contributed by atoms with Crippen molar-refractivity contribution in [2.24, 2.45) is 5.92 Å². The molecule has 2 aromatic rings. The molecule has 2 heterocycles. The van der Waals surface area contributed by atoms with Gasteiger partial charge < -0.3 is 10.2 Å². The Hall–Kier alpha value is -2.37. The summed E-state index contributed by atoms with van der Waals surface area (Å²) < 4.78 is 0. The highest BCUT2D eigenvalue weighted by Gasteiger charge is 2.42. The minimum absolute atomic E-state index is 0.0759. The molecule has 1 aliphatic carbocycles. The molecule has 2 aliphatic rings. The third-order valence-corrected chi connectivity index (χ3v) is 5.64. The van der Waals surface area contributed by atoms with Gasteiger partial charge in [-0.1, -0.05) is 31.0 Å². The molecule has 0 spiro atoms. The molecule has 1 saturated carbocycles. The van der Waals surface area contributed by atoms with E-state index in [1.807, 2.05) is 24.3 Å². The van der Waals surface area contributed by atoms with E-state index in [9.17, 15) is 4.79 Å². The predicted octanol–water partition coefficient (Wildman–Crippen LogP) is 3.33. The number of aromatic amines is 1. The number of urea groups is 1. The van der Waals surface area contributed by atoms with Gasteiger partial charge >= 0.3 is 6.03 Å². The van der Waals surface area contributed by atoms with Crippen molar-refractivity contribution in [2.75, 3.05) is 0 Å². The van der Waals surface area contributed by atoms with Gasteiger partial charge in [0.2, 0.25) is 0 Å². The first-order chi connectivity index (χ1) is 12.2. The number of aromatic nitrogens is 3. The van der Waals surface area contributed by atoms with Crippen molar-refractivity contribution in [1.29, 1.82) is 0 Å². The fourth-order valence-electron chi connectivity index (χ4n) is 4.50. The molecule has 2 amide bonds. The third kappa shape index (κ3) is 3.25. The fourth-order valence-corrected chi connectivity index (χ4v) is 4.50. The van der Waals surface area contributed by atoms with E-state index in [1.54, 1.807) is 0 Å². The summed E-state index contributed by atoms with van der Waals surface area (Å²) in [5, 5.41) is 9.88. The zero-order chi connectivity index (χ0) is 17.2. The molecule has 0 unspecified atom stereocenters. The van der Waals surface area contributed by atoms with E-state index in [2.05, 4.69) is 32.3 Å². The quantitative estimate of drug-likeness (QED) is 0.901. The van der Waals surface area contributed by atoms with Crippen LogP contribution < -0.4 is 5.32 Å². The van der Waals surface area contributed by atoms with Crippen LogP contribution in [0.3, 0.4) is 0 Å². The third-order valence-electron chi connectivity index (χ3n) is 5.64. The zero-order valence-corrected chi connectivity index (χ0v) is 14.6. The van der Waals surface area contributed by atoms with Crippen LogP contribution in [-0.4, -0.2) is 38.2 Å². The van der Waals surface area contributed by atoms with Crippen LogP contribution in [0.15, 0.2) is 30.6 Å². The second-order valence-corrected chi connectivity index (χ2v) is 7.30. The first kappa shape index (κ1) is 16.1. The highest BCUT2D eigenvalue weighted by Crippen LogP contribution is 2.39. The van der Waals surface area contributed by atoms with Crippen molar-refractivity contribution in [3.8, 4) is 11.4 Å². The second-order valence-electron chi connectivity index (χ2n) is 7.30. The second kappa shape index (κ2) is 6.86. The SMILES string of the molecule is C[C@@H]1C[C@H]2CCCC[C@@H]2N1C(=O)NCc1cccc(-c2ncn[nH]2)c1. The van der Waals surface area contributed by atoms with E-state index < -0.39 is 0 Å². The van der Waals surface area contributed by atoms with Gasteiger partial charge in [-0.05, 0) is 43.7 Å². The van der Waals surface area contributed by atoms with Gasteiger partial charge in [-0.3, -0.25) is 5.10 Å². The van der Waals surface area contributed by atoms with Gasteiger partial charge in [0, 0.05) is 24.2 Å². The molecule has 132 valence electrons. The number of carbonyl (C=O) groups is 1. The van der Waals surface area contributed by atoms with E-state index in [0.29, 0.717) is 24.5 Å². The normalized spacial score (nSPS) is 25.6. The van der Waals surface area contributed by atoms with Crippen LogP contribution >= 0.6 is 0 Å². The lowest BCUT2D eigenvalue weighted by molar-refractivity contribution is 0.155. The summed E-state index contributed by atoms with van der Waals surface area (Å²) in [4.78, 5) is 19.1. The number of nitrogens with one attached hydrogen (secondary N) is 2. The van der Waals surface area contributed by atoms with Crippen LogP contribution in [0.4, 0.5) is 4.79 Å². The number of H-pyrrole nitrogens is 1. The lowest BCUT2D eigenvalue weighted by Crippen LogP contribution is -2.47. The average Bonchev–Trinajstić information content (AvgIpc) is 3.27. The van der Waals surface area contributed by atoms with Crippen molar-refractivity contribution < 1.29 is 4.79 Å². The van der Waals surface area contributed by atoms with Gasteiger partial charge in [0.25, 0.3) is 0 Å². The molecule has 1 aromatic heterocycles. The van der Waals surface area contributed by atoms with Crippen molar-refractivity contribution >= 4 is 6.03 Å². The summed E-state index contributed by atoms with van der Waals surface area (Å²) >= 11 is 0. The summed E-state index contributed by atoms with van der Waals surface area (Å²) in [6.07, 6.45) is 7.65. The minimum atomic E-state index is 0.0759. The molecule has 6 heteroatoms. The molecular weight excluding hydrogens is 314 g/mol. The molecule has 1 saturated heterocycles. The maximum absolute atomic E-state index is 12.8. The van der Waals surface area contributed by atoms with E-state index >= 15 is 0 Å². The Morgan fingerprint density at radius 3 is 3.08 bits per heavy atom. The van der Waals surface area contributed by atoms with E-state index in [0.717, 1.165) is 29.8 Å². The van der Waals surface area contributed by atoms with Gasteiger partial charge in [-0.25, -0.2) is 9.78 Å². The van der Waals surface area contributed by atoms with Gasteiger partial charge in [-0.2, -0.15) is 5.10 Å². The molecule has 3 atom stereocenters. The molecule has 4 rings (SSSR count). The lowest BCUT2D eigenvalue weighted by Gasteiger charge is -2.33. The van der Waals surface area contributed by atoms with Gasteiger partial charge in [0.1, 0.15) is 6.33 Å². The Balaban J connectivity index is 1.41. The van der Waals surface area contributed by atoms with E-state index in [-0.39, 0.29) is 6.03 Å². The number of carbonyl (C=O) groups excluding carboxylic acids is 1. The Morgan fingerprint density at radius 2 is 2.24 bits per heavy atom. The first-order valence-electron chi connectivity index (χ1n) is 9.23. The Kier molecular flexibility index (Phi) is 4.42. The van der Waals surface area contributed by atoms with Crippen molar-refractivity contribution in [3.63, 3.8) is 0 Å². The Labute approximate surface area is 148 Å². The smallest absolute Gasteiger partial charge is 0.318 e. The topological polar surface area (TPSA) is 73.9 Å². The molecule has 0 radical (unpaired) electrons. The fraction of sp³-hybridized carbons (Fsp3) is 0.526. The molecule has 0 bridgehead atoms. The van der Waals surface area contributed by atoms with Crippen molar-refractivity contribution in [2.45, 2.75) is 57.7 Å². The van der Waals surface area contributed by atoms with E-state index in [1.165, 1.54) is 25.6 Å². The van der Waals surface area contributed by atoms with Gasteiger partial charge in [0.05, 0.1) is 0 Å². The number of amides is 2. The monoisotopic (exact) mass is 339 g/mol. The largest absolute Gasteiger partial charge is 0.334 e. The highest BCUT2D eigenvalue weighted by atomic mass is 16.2. The van der Waals surface area contributed by atoms with Gasteiger partial charge in [0.15, 0.2) is 5.82 Å². The van der Waals surface area contributed by atoms with Crippen LogP contribution in [0.25, 0.3) is 11.4 Å². The molecule has 25 heavy (non-hydrogen) atoms. The molecule has 1 aliphatic heterocycles.